The van der Waals surface area contributed by atoms with Crippen molar-refractivity contribution in [2.45, 2.75) is 25.1 Å². The molecular weight excluding hydrogens is 211 g/mol. The highest BCUT2D eigenvalue weighted by Gasteiger charge is 2.35. The zero-order valence-corrected chi connectivity index (χ0v) is 8.09. The standard InChI is InChI=1S/C9H12F3NO2/c1-2-5-13(7-3-4-7)8(14)15-6-9(10,11)12/h2,7H,1,3-6H2. The summed E-state index contributed by atoms with van der Waals surface area (Å²) in [7, 11) is 0. The van der Waals surface area contributed by atoms with E-state index in [-0.39, 0.29) is 12.6 Å². The van der Waals surface area contributed by atoms with E-state index in [0.717, 1.165) is 12.8 Å². The molecule has 0 aromatic heterocycles. The topological polar surface area (TPSA) is 29.5 Å². The largest absolute Gasteiger partial charge is 0.440 e. The van der Waals surface area contributed by atoms with Crippen molar-refractivity contribution in [2.75, 3.05) is 13.2 Å². The Morgan fingerprint density at radius 1 is 1.53 bits per heavy atom. The maximum Gasteiger partial charge on any atom is 0.422 e. The van der Waals surface area contributed by atoms with Crippen molar-refractivity contribution >= 4 is 6.09 Å². The molecule has 1 amide bonds. The monoisotopic (exact) mass is 223 g/mol. The summed E-state index contributed by atoms with van der Waals surface area (Å²) in [5.41, 5.74) is 0. The highest BCUT2D eigenvalue weighted by atomic mass is 19.4. The van der Waals surface area contributed by atoms with Crippen LogP contribution in [0.4, 0.5) is 18.0 Å². The van der Waals surface area contributed by atoms with E-state index >= 15 is 0 Å². The summed E-state index contributed by atoms with van der Waals surface area (Å²) in [6, 6.07) is 0.0173. The molecule has 0 aromatic rings. The number of hydrogen-bond acceptors (Lipinski definition) is 2. The van der Waals surface area contributed by atoms with Gasteiger partial charge in [0.1, 0.15) is 0 Å². The second-order valence-electron chi connectivity index (χ2n) is 3.34. The van der Waals surface area contributed by atoms with E-state index in [1.54, 1.807) is 0 Å². The van der Waals surface area contributed by atoms with Gasteiger partial charge in [-0.15, -0.1) is 6.58 Å². The molecule has 0 N–H and O–H groups in total. The maximum absolute atomic E-state index is 11.8. The number of carbonyl (C=O) groups excluding carboxylic acids is 1. The minimum atomic E-state index is -4.47. The zero-order valence-electron chi connectivity index (χ0n) is 8.09. The van der Waals surface area contributed by atoms with Crippen LogP contribution in [0.15, 0.2) is 12.7 Å². The predicted octanol–water partition coefficient (Wildman–Crippen LogP) is 2.34. The second-order valence-corrected chi connectivity index (χ2v) is 3.34. The van der Waals surface area contributed by atoms with Gasteiger partial charge in [0.25, 0.3) is 0 Å². The lowest BCUT2D eigenvalue weighted by molar-refractivity contribution is -0.162. The Bertz CT molecular complexity index is 248. The third kappa shape index (κ3) is 4.22. The van der Waals surface area contributed by atoms with Crippen molar-refractivity contribution in [1.82, 2.24) is 4.90 Å². The van der Waals surface area contributed by atoms with Gasteiger partial charge in [0.05, 0.1) is 0 Å². The molecule has 15 heavy (non-hydrogen) atoms. The SMILES string of the molecule is C=CCN(C(=O)OCC(F)(F)F)C1CC1. The van der Waals surface area contributed by atoms with Crippen LogP contribution in [-0.4, -0.2) is 36.4 Å². The number of ether oxygens (including phenoxy) is 1. The van der Waals surface area contributed by atoms with Crippen molar-refractivity contribution in [3.8, 4) is 0 Å². The first kappa shape index (κ1) is 11.9. The molecule has 3 nitrogen and oxygen atoms in total. The Labute approximate surface area is 85.5 Å². The van der Waals surface area contributed by atoms with Gasteiger partial charge >= 0.3 is 12.3 Å². The quantitative estimate of drug-likeness (QED) is 0.684. The molecule has 1 saturated carbocycles. The number of carbonyl (C=O) groups is 1. The van der Waals surface area contributed by atoms with Crippen LogP contribution in [-0.2, 0) is 4.74 Å². The fourth-order valence-electron chi connectivity index (χ4n) is 1.12. The Morgan fingerprint density at radius 2 is 2.13 bits per heavy atom. The molecule has 1 fully saturated rings. The molecule has 1 rings (SSSR count). The fraction of sp³-hybridized carbons (Fsp3) is 0.667. The van der Waals surface area contributed by atoms with Gasteiger partial charge in [-0.25, -0.2) is 4.79 Å². The Morgan fingerprint density at radius 3 is 2.53 bits per heavy atom. The molecule has 0 aliphatic heterocycles. The van der Waals surface area contributed by atoms with Gasteiger partial charge in [0.2, 0.25) is 0 Å². The van der Waals surface area contributed by atoms with Gasteiger partial charge in [-0.3, -0.25) is 0 Å². The molecule has 1 aliphatic rings. The molecule has 0 unspecified atom stereocenters. The number of hydrogen-bond donors (Lipinski definition) is 0. The summed E-state index contributed by atoms with van der Waals surface area (Å²) < 4.78 is 39.4. The summed E-state index contributed by atoms with van der Waals surface area (Å²) in [6.45, 7) is 2.12. The van der Waals surface area contributed by atoms with Crippen molar-refractivity contribution in [2.24, 2.45) is 0 Å². The van der Waals surface area contributed by atoms with Crippen molar-refractivity contribution in [3.05, 3.63) is 12.7 Å². The van der Waals surface area contributed by atoms with Crippen LogP contribution < -0.4 is 0 Å². The number of halogens is 3. The van der Waals surface area contributed by atoms with E-state index < -0.39 is 18.9 Å². The van der Waals surface area contributed by atoms with Crippen LogP contribution in [0.25, 0.3) is 0 Å². The summed E-state index contributed by atoms with van der Waals surface area (Å²) in [4.78, 5) is 12.5. The van der Waals surface area contributed by atoms with Crippen LogP contribution in [0.5, 0.6) is 0 Å². The third-order valence-electron chi connectivity index (χ3n) is 1.91. The smallest absolute Gasteiger partial charge is 0.422 e. The molecule has 0 aromatic carbocycles. The lowest BCUT2D eigenvalue weighted by atomic mass is 10.5. The van der Waals surface area contributed by atoms with Crippen LogP contribution in [0.2, 0.25) is 0 Å². The van der Waals surface area contributed by atoms with Crippen molar-refractivity contribution in [1.29, 1.82) is 0 Å². The average molecular weight is 223 g/mol. The van der Waals surface area contributed by atoms with Gasteiger partial charge in [0, 0.05) is 12.6 Å². The second kappa shape index (κ2) is 4.55. The van der Waals surface area contributed by atoms with Crippen molar-refractivity contribution < 1.29 is 22.7 Å². The molecular formula is C9H12F3NO2. The number of rotatable bonds is 4. The molecule has 0 heterocycles. The predicted molar refractivity (Wildman–Crippen MR) is 47.3 cm³/mol. The molecule has 0 atom stereocenters. The summed E-state index contributed by atoms with van der Waals surface area (Å²) >= 11 is 0. The minimum absolute atomic E-state index is 0.0173. The Kier molecular flexibility index (Phi) is 3.60. The lowest BCUT2D eigenvalue weighted by Crippen LogP contribution is -2.35. The summed E-state index contributed by atoms with van der Waals surface area (Å²) in [6.07, 6.45) is -2.30. The first-order valence-corrected chi connectivity index (χ1v) is 4.55. The van der Waals surface area contributed by atoms with Gasteiger partial charge < -0.3 is 9.64 Å². The van der Waals surface area contributed by atoms with Gasteiger partial charge in [-0.05, 0) is 12.8 Å². The molecule has 0 bridgehead atoms. The first-order chi connectivity index (χ1) is 6.94. The normalized spacial score (nSPS) is 15.9. The third-order valence-corrected chi connectivity index (χ3v) is 1.91. The van der Waals surface area contributed by atoms with Gasteiger partial charge in [-0.2, -0.15) is 13.2 Å². The summed E-state index contributed by atoms with van der Waals surface area (Å²) in [5, 5.41) is 0. The number of amides is 1. The fourth-order valence-corrected chi connectivity index (χ4v) is 1.12. The molecule has 0 spiro atoms. The average Bonchev–Trinajstić information content (AvgIpc) is 2.92. The van der Waals surface area contributed by atoms with E-state index in [2.05, 4.69) is 11.3 Å². The zero-order chi connectivity index (χ0) is 11.5. The Balaban J connectivity index is 2.39. The molecule has 6 heteroatoms. The molecule has 0 saturated heterocycles. The van der Waals surface area contributed by atoms with Crippen LogP contribution in [0, 0.1) is 0 Å². The minimum Gasteiger partial charge on any atom is -0.440 e. The van der Waals surface area contributed by atoms with Gasteiger partial charge in [-0.1, -0.05) is 6.08 Å². The van der Waals surface area contributed by atoms with Crippen LogP contribution in [0.3, 0.4) is 0 Å². The van der Waals surface area contributed by atoms with E-state index in [9.17, 15) is 18.0 Å². The van der Waals surface area contributed by atoms with Crippen LogP contribution in [0.1, 0.15) is 12.8 Å². The van der Waals surface area contributed by atoms with Crippen molar-refractivity contribution in [3.63, 3.8) is 0 Å². The summed E-state index contributed by atoms with van der Waals surface area (Å²) in [5.74, 6) is 0. The highest BCUT2D eigenvalue weighted by Crippen LogP contribution is 2.27. The van der Waals surface area contributed by atoms with E-state index in [1.807, 2.05) is 0 Å². The van der Waals surface area contributed by atoms with E-state index in [1.165, 1.54) is 11.0 Å². The van der Waals surface area contributed by atoms with E-state index in [0.29, 0.717) is 0 Å². The maximum atomic E-state index is 11.8. The molecule has 86 valence electrons. The first-order valence-electron chi connectivity index (χ1n) is 4.55. The number of nitrogens with zero attached hydrogens (tertiary/aromatic N) is 1. The highest BCUT2D eigenvalue weighted by molar-refractivity contribution is 5.68. The van der Waals surface area contributed by atoms with Crippen LogP contribution >= 0.6 is 0 Å². The number of alkyl halides is 3. The lowest BCUT2D eigenvalue weighted by Gasteiger charge is -2.20. The van der Waals surface area contributed by atoms with E-state index in [4.69, 9.17) is 0 Å². The molecule has 1 aliphatic carbocycles. The van der Waals surface area contributed by atoms with Gasteiger partial charge in [0.15, 0.2) is 6.61 Å². The Hall–Kier alpha value is -1.20. The molecule has 0 radical (unpaired) electrons.